The Kier molecular flexibility index (Phi) is 5.24. The van der Waals surface area contributed by atoms with Crippen molar-refractivity contribution in [1.82, 2.24) is 5.32 Å². The monoisotopic (exact) mass is 126 g/mol. The Morgan fingerprint density at radius 3 is 2.78 bits per heavy atom. The maximum absolute atomic E-state index is 8.36. The molecule has 0 aromatic heterocycles. The van der Waals surface area contributed by atoms with Crippen molar-refractivity contribution in [1.29, 1.82) is 5.26 Å². The van der Waals surface area contributed by atoms with Crippen molar-refractivity contribution < 1.29 is 0 Å². The van der Waals surface area contributed by atoms with Crippen molar-refractivity contribution in [3.63, 3.8) is 0 Å². The summed E-state index contributed by atoms with van der Waals surface area (Å²) in [6, 6.07) is 2.20. The predicted molar refractivity (Wildman–Crippen MR) is 37.9 cm³/mol. The van der Waals surface area contributed by atoms with Gasteiger partial charge in [0, 0.05) is 5.92 Å². The lowest BCUT2D eigenvalue weighted by Gasteiger charge is -1.99. The van der Waals surface area contributed by atoms with E-state index in [1.807, 2.05) is 14.0 Å². The number of hydrogen-bond acceptors (Lipinski definition) is 2. The van der Waals surface area contributed by atoms with E-state index >= 15 is 0 Å². The van der Waals surface area contributed by atoms with E-state index in [2.05, 4.69) is 11.4 Å². The first-order chi connectivity index (χ1) is 4.31. The minimum Gasteiger partial charge on any atom is -0.320 e. The molecule has 0 aromatic carbocycles. The zero-order valence-corrected chi connectivity index (χ0v) is 6.15. The number of nitriles is 1. The highest BCUT2D eigenvalue weighted by molar-refractivity contribution is 4.77. The van der Waals surface area contributed by atoms with E-state index in [1.165, 1.54) is 0 Å². The lowest BCUT2D eigenvalue weighted by Crippen LogP contribution is -2.08. The van der Waals surface area contributed by atoms with Crippen LogP contribution in [0.25, 0.3) is 0 Å². The third-order valence-corrected chi connectivity index (χ3v) is 1.28. The molecule has 0 aliphatic rings. The maximum Gasteiger partial charge on any atom is 0.0652 e. The van der Waals surface area contributed by atoms with Gasteiger partial charge >= 0.3 is 0 Å². The van der Waals surface area contributed by atoms with Crippen molar-refractivity contribution in [2.45, 2.75) is 19.8 Å². The van der Waals surface area contributed by atoms with Gasteiger partial charge in [-0.05, 0) is 33.4 Å². The second kappa shape index (κ2) is 5.58. The summed E-state index contributed by atoms with van der Waals surface area (Å²) < 4.78 is 0. The minimum absolute atomic E-state index is 0.221. The number of nitrogens with one attached hydrogen (secondary N) is 1. The molecular weight excluding hydrogens is 112 g/mol. The Balaban J connectivity index is 2.99. The first kappa shape index (κ1) is 8.45. The van der Waals surface area contributed by atoms with Crippen LogP contribution in [0.3, 0.4) is 0 Å². The van der Waals surface area contributed by atoms with Crippen LogP contribution in [0.15, 0.2) is 0 Å². The minimum atomic E-state index is 0.221. The third-order valence-electron chi connectivity index (χ3n) is 1.28. The van der Waals surface area contributed by atoms with Gasteiger partial charge in [-0.2, -0.15) is 5.26 Å². The molecule has 0 amide bonds. The Labute approximate surface area is 56.9 Å². The highest BCUT2D eigenvalue weighted by atomic mass is 14.8. The molecule has 0 saturated heterocycles. The maximum atomic E-state index is 8.36. The molecule has 0 heterocycles. The van der Waals surface area contributed by atoms with E-state index in [4.69, 9.17) is 5.26 Å². The van der Waals surface area contributed by atoms with Gasteiger partial charge in [-0.25, -0.2) is 0 Å². The van der Waals surface area contributed by atoms with Gasteiger partial charge in [0.25, 0.3) is 0 Å². The van der Waals surface area contributed by atoms with Crippen molar-refractivity contribution in [2.24, 2.45) is 5.92 Å². The van der Waals surface area contributed by atoms with Crippen LogP contribution in [-0.4, -0.2) is 13.6 Å². The number of nitrogens with zero attached hydrogens (tertiary/aromatic N) is 1. The van der Waals surface area contributed by atoms with Crippen LogP contribution >= 0.6 is 0 Å². The van der Waals surface area contributed by atoms with Crippen molar-refractivity contribution in [2.75, 3.05) is 13.6 Å². The Morgan fingerprint density at radius 2 is 2.33 bits per heavy atom. The zero-order chi connectivity index (χ0) is 7.11. The lowest BCUT2D eigenvalue weighted by atomic mass is 10.1. The molecular formula is C7H14N2. The van der Waals surface area contributed by atoms with E-state index in [0.29, 0.717) is 0 Å². The quantitative estimate of drug-likeness (QED) is 0.573. The zero-order valence-electron chi connectivity index (χ0n) is 6.15. The summed E-state index contributed by atoms with van der Waals surface area (Å²) in [6.07, 6.45) is 2.11. The molecule has 0 aliphatic heterocycles. The molecule has 52 valence electrons. The van der Waals surface area contributed by atoms with Crippen molar-refractivity contribution >= 4 is 0 Å². The third kappa shape index (κ3) is 5.32. The Bertz CT molecular complexity index is 93.6. The summed E-state index contributed by atoms with van der Waals surface area (Å²) in [5.74, 6) is 0.221. The average molecular weight is 126 g/mol. The normalized spacial score (nSPS) is 12.6. The van der Waals surface area contributed by atoms with E-state index in [-0.39, 0.29) is 5.92 Å². The van der Waals surface area contributed by atoms with Gasteiger partial charge in [-0.1, -0.05) is 0 Å². The summed E-state index contributed by atoms with van der Waals surface area (Å²) in [5.41, 5.74) is 0. The van der Waals surface area contributed by atoms with E-state index in [1.54, 1.807) is 0 Å². The molecule has 0 aliphatic carbocycles. The first-order valence-electron chi connectivity index (χ1n) is 3.35. The van der Waals surface area contributed by atoms with Crippen LogP contribution in [0.2, 0.25) is 0 Å². The van der Waals surface area contributed by atoms with Crippen LogP contribution in [0, 0.1) is 17.2 Å². The summed E-state index contributed by atoms with van der Waals surface area (Å²) in [7, 11) is 1.93. The Morgan fingerprint density at radius 1 is 1.67 bits per heavy atom. The average Bonchev–Trinajstić information content (AvgIpc) is 1.89. The second-order valence-corrected chi connectivity index (χ2v) is 2.28. The van der Waals surface area contributed by atoms with Gasteiger partial charge in [0.15, 0.2) is 0 Å². The van der Waals surface area contributed by atoms with Gasteiger partial charge in [0.05, 0.1) is 6.07 Å². The lowest BCUT2D eigenvalue weighted by molar-refractivity contribution is 0.594. The molecule has 2 heteroatoms. The molecule has 1 N–H and O–H groups in total. The molecule has 0 saturated carbocycles. The van der Waals surface area contributed by atoms with Crippen LogP contribution in [-0.2, 0) is 0 Å². The number of rotatable bonds is 4. The molecule has 0 spiro atoms. The van der Waals surface area contributed by atoms with Crippen molar-refractivity contribution in [3.8, 4) is 6.07 Å². The largest absolute Gasteiger partial charge is 0.320 e. The van der Waals surface area contributed by atoms with Gasteiger partial charge in [-0.3, -0.25) is 0 Å². The van der Waals surface area contributed by atoms with Crippen LogP contribution in [0.5, 0.6) is 0 Å². The van der Waals surface area contributed by atoms with Gasteiger partial charge in [-0.15, -0.1) is 0 Å². The molecule has 0 aromatic rings. The van der Waals surface area contributed by atoms with Crippen LogP contribution in [0.4, 0.5) is 0 Å². The van der Waals surface area contributed by atoms with Gasteiger partial charge in [0.2, 0.25) is 0 Å². The van der Waals surface area contributed by atoms with Gasteiger partial charge in [0.1, 0.15) is 0 Å². The molecule has 0 radical (unpaired) electrons. The summed E-state index contributed by atoms with van der Waals surface area (Å²) >= 11 is 0. The molecule has 1 unspecified atom stereocenters. The summed E-state index contributed by atoms with van der Waals surface area (Å²) in [6.45, 7) is 2.97. The van der Waals surface area contributed by atoms with E-state index in [9.17, 15) is 0 Å². The smallest absolute Gasteiger partial charge is 0.0652 e. The fraction of sp³-hybridized carbons (Fsp3) is 0.857. The molecule has 0 fully saturated rings. The molecule has 9 heavy (non-hydrogen) atoms. The van der Waals surface area contributed by atoms with E-state index < -0.39 is 0 Å². The van der Waals surface area contributed by atoms with Crippen LogP contribution in [0.1, 0.15) is 19.8 Å². The standard InChI is InChI=1S/C7H14N2/c1-7(6-8)4-3-5-9-2/h7,9H,3-5H2,1-2H3. The number of hydrogen-bond donors (Lipinski definition) is 1. The highest BCUT2D eigenvalue weighted by Crippen LogP contribution is 2.01. The molecule has 1 atom stereocenters. The van der Waals surface area contributed by atoms with Crippen molar-refractivity contribution in [3.05, 3.63) is 0 Å². The molecule has 0 rings (SSSR count). The highest BCUT2D eigenvalue weighted by Gasteiger charge is 1.96. The predicted octanol–water partition coefficient (Wildman–Crippen LogP) is 1.15. The fourth-order valence-corrected chi connectivity index (χ4v) is 0.650. The Hall–Kier alpha value is -0.550. The first-order valence-corrected chi connectivity index (χ1v) is 3.35. The summed E-state index contributed by atoms with van der Waals surface area (Å²) in [4.78, 5) is 0. The fourth-order valence-electron chi connectivity index (χ4n) is 0.650. The SMILES string of the molecule is CNCCCC(C)C#N. The second-order valence-electron chi connectivity index (χ2n) is 2.28. The summed E-state index contributed by atoms with van der Waals surface area (Å²) in [5, 5.41) is 11.4. The molecule has 0 bridgehead atoms. The van der Waals surface area contributed by atoms with Crippen LogP contribution < -0.4 is 5.32 Å². The molecule has 2 nitrogen and oxygen atoms in total. The topological polar surface area (TPSA) is 35.8 Å². The van der Waals surface area contributed by atoms with E-state index in [0.717, 1.165) is 19.4 Å². The van der Waals surface area contributed by atoms with Gasteiger partial charge < -0.3 is 5.32 Å².